The summed E-state index contributed by atoms with van der Waals surface area (Å²) in [6, 6.07) is 12.2. The smallest absolute Gasteiger partial charge is 0.409 e. The van der Waals surface area contributed by atoms with Gasteiger partial charge in [-0.1, -0.05) is 46.9 Å². The Bertz CT molecular complexity index is 1240. The monoisotopic (exact) mass is 534 g/mol. The second-order valence-corrected chi connectivity index (χ2v) is 9.57. The number of benzene rings is 2. The molecule has 2 heterocycles. The van der Waals surface area contributed by atoms with Gasteiger partial charge in [-0.2, -0.15) is 5.10 Å². The van der Waals surface area contributed by atoms with E-state index < -0.39 is 0 Å². The number of nitrogens with one attached hydrogen (secondary N) is 1. The minimum Gasteiger partial charge on any atom is -0.450 e. The normalized spacial score (nSPS) is 15.7. The Labute approximate surface area is 218 Å². The third kappa shape index (κ3) is 5.58. The topological polar surface area (TPSA) is 76.5 Å². The van der Waals surface area contributed by atoms with Gasteiger partial charge in [-0.25, -0.2) is 9.48 Å². The molecule has 1 fully saturated rings. The number of rotatable bonds is 5. The molecule has 10 heteroatoms. The second kappa shape index (κ2) is 10.9. The number of halogens is 3. The summed E-state index contributed by atoms with van der Waals surface area (Å²) in [5.74, 6) is -0.322. The summed E-state index contributed by atoms with van der Waals surface area (Å²) in [5.41, 5.74) is 3.10. The van der Waals surface area contributed by atoms with E-state index in [1.807, 2.05) is 19.1 Å². The van der Waals surface area contributed by atoms with E-state index >= 15 is 0 Å². The van der Waals surface area contributed by atoms with Gasteiger partial charge < -0.3 is 15.0 Å². The number of aromatic nitrogens is 2. The number of carbonyl (C=O) groups is 2. The maximum atomic E-state index is 13.4. The third-order valence-corrected chi connectivity index (χ3v) is 6.67. The van der Waals surface area contributed by atoms with Gasteiger partial charge in [-0.05, 0) is 57.0 Å². The van der Waals surface area contributed by atoms with Crippen molar-refractivity contribution in [1.82, 2.24) is 20.0 Å². The van der Waals surface area contributed by atoms with Crippen LogP contribution in [0.1, 0.15) is 35.8 Å². The molecule has 7 nitrogen and oxygen atoms in total. The summed E-state index contributed by atoms with van der Waals surface area (Å²) in [6.07, 6.45) is 1.16. The quantitative estimate of drug-likeness (QED) is 0.425. The zero-order valence-electron chi connectivity index (χ0n) is 19.4. The number of amides is 2. The van der Waals surface area contributed by atoms with Crippen LogP contribution in [0.2, 0.25) is 15.1 Å². The molecule has 0 aliphatic carbocycles. The van der Waals surface area contributed by atoms with Crippen molar-refractivity contribution in [2.45, 2.75) is 32.7 Å². The Balaban J connectivity index is 1.68. The number of likely N-dealkylation sites (tertiary alicyclic amines) is 1. The van der Waals surface area contributed by atoms with E-state index in [9.17, 15) is 9.59 Å². The molecule has 2 amide bonds. The Morgan fingerprint density at radius 3 is 2.51 bits per heavy atom. The predicted octanol–water partition coefficient (Wildman–Crippen LogP) is 6.16. The van der Waals surface area contributed by atoms with Crippen LogP contribution in [0.5, 0.6) is 0 Å². The Morgan fingerprint density at radius 1 is 1.11 bits per heavy atom. The van der Waals surface area contributed by atoms with E-state index in [0.29, 0.717) is 51.7 Å². The van der Waals surface area contributed by atoms with Gasteiger partial charge in [0.05, 0.1) is 23.0 Å². The number of ether oxygens (including phenoxy) is 1. The predicted molar refractivity (Wildman–Crippen MR) is 138 cm³/mol. The van der Waals surface area contributed by atoms with Crippen molar-refractivity contribution in [2.24, 2.45) is 0 Å². The van der Waals surface area contributed by atoms with Crippen molar-refractivity contribution >= 4 is 46.8 Å². The van der Waals surface area contributed by atoms with Gasteiger partial charge in [0, 0.05) is 40.3 Å². The fourth-order valence-corrected chi connectivity index (χ4v) is 4.83. The molecule has 1 atom stereocenters. The lowest BCUT2D eigenvalue weighted by molar-refractivity contribution is 0.0817. The standard InChI is InChI=1S/C25H25Cl3N4O3/c1-3-35-25(34)31-12-4-5-19(14-31)29-24(33)22-15(2)23(16-6-8-17(26)9-7-16)32(30-22)21-11-10-18(27)13-20(21)28/h6-11,13,19H,3-5,12,14H2,1-2H3,(H,29,33)/t19-/m0/s1. The molecule has 0 saturated carbocycles. The summed E-state index contributed by atoms with van der Waals surface area (Å²) < 4.78 is 6.76. The molecule has 1 aromatic heterocycles. The molecule has 4 rings (SSSR count). The number of hydrogen-bond donors (Lipinski definition) is 1. The highest BCUT2D eigenvalue weighted by atomic mass is 35.5. The lowest BCUT2D eigenvalue weighted by Gasteiger charge is -2.32. The zero-order valence-corrected chi connectivity index (χ0v) is 21.6. The molecular weight excluding hydrogens is 511 g/mol. The molecule has 1 saturated heterocycles. The zero-order chi connectivity index (χ0) is 25.1. The van der Waals surface area contributed by atoms with Crippen LogP contribution in [0.4, 0.5) is 4.79 Å². The van der Waals surface area contributed by atoms with E-state index in [4.69, 9.17) is 39.5 Å². The summed E-state index contributed by atoms with van der Waals surface area (Å²) in [7, 11) is 0. The molecule has 1 aliphatic heterocycles. The van der Waals surface area contributed by atoms with Crippen LogP contribution < -0.4 is 5.32 Å². The van der Waals surface area contributed by atoms with E-state index in [-0.39, 0.29) is 23.7 Å². The third-order valence-electron chi connectivity index (χ3n) is 5.88. The average molecular weight is 536 g/mol. The first-order chi connectivity index (χ1) is 16.8. The minimum atomic E-state index is -0.366. The van der Waals surface area contributed by atoms with E-state index in [1.54, 1.807) is 46.8 Å². The van der Waals surface area contributed by atoms with Crippen molar-refractivity contribution in [2.75, 3.05) is 19.7 Å². The summed E-state index contributed by atoms with van der Waals surface area (Å²) in [4.78, 5) is 27.1. The van der Waals surface area contributed by atoms with E-state index in [2.05, 4.69) is 10.4 Å². The molecule has 2 aromatic carbocycles. The van der Waals surface area contributed by atoms with Gasteiger partial charge in [-0.3, -0.25) is 4.79 Å². The van der Waals surface area contributed by atoms with Gasteiger partial charge in [0.1, 0.15) is 0 Å². The van der Waals surface area contributed by atoms with Crippen LogP contribution >= 0.6 is 34.8 Å². The van der Waals surface area contributed by atoms with Crippen molar-refractivity contribution in [1.29, 1.82) is 0 Å². The van der Waals surface area contributed by atoms with Gasteiger partial charge >= 0.3 is 6.09 Å². The Kier molecular flexibility index (Phi) is 7.89. The molecule has 0 spiro atoms. The fourth-order valence-electron chi connectivity index (χ4n) is 4.21. The molecule has 184 valence electrons. The van der Waals surface area contributed by atoms with Crippen LogP contribution in [0.25, 0.3) is 16.9 Å². The largest absolute Gasteiger partial charge is 0.450 e. The van der Waals surface area contributed by atoms with Crippen LogP contribution in [-0.4, -0.2) is 52.4 Å². The first kappa shape index (κ1) is 25.4. The van der Waals surface area contributed by atoms with Gasteiger partial charge in [0.2, 0.25) is 0 Å². The summed E-state index contributed by atoms with van der Waals surface area (Å²) >= 11 is 18.7. The Morgan fingerprint density at radius 2 is 1.83 bits per heavy atom. The van der Waals surface area contributed by atoms with Crippen LogP contribution in [0.3, 0.4) is 0 Å². The highest BCUT2D eigenvalue weighted by Gasteiger charge is 2.28. The highest BCUT2D eigenvalue weighted by molar-refractivity contribution is 6.35. The van der Waals surface area contributed by atoms with Crippen molar-refractivity contribution in [3.8, 4) is 16.9 Å². The molecule has 0 unspecified atom stereocenters. The van der Waals surface area contributed by atoms with Crippen LogP contribution in [0.15, 0.2) is 42.5 Å². The number of carbonyl (C=O) groups excluding carboxylic acids is 2. The average Bonchev–Trinajstić information content (AvgIpc) is 3.17. The van der Waals surface area contributed by atoms with Gasteiger partial charge in [-0.15, -0.1) is 0 Å². The Hall–Kier alpha value is -2.74. The van der Waals surface area contributed by atoms with Crippen LogP contribution in [0, 0.1) is 6.92 Å². The molecule has 1 N–H and O–H groups in total. The molecule has 1 aliphatic rings. The van der Waals surface area contributed by atoms with Crippen LogP contribution in [-0.2, 0) is 4.74 Å². The minimum absolute atomic E-state index is 0.205. The van der Waals surface area contributed by atoms with Crippen molar-refractivity contribution in [3.63, 3.8) is 0 Å². The highest BCUT2D eigenvalue weighted by Crippen LogP contribution is 2.33. The molecular formula is C25H25Cl3N4O3. The van der Waals surface area contributed by atoms with Crippen molar-refractivity contribution in [3.05, 3.63) is 68.8 Å². The summed E-state index contributed by atoms with van der Waals surface area (Å²) in [6.45, 7) is 4.92. The maximum absolute atomic E-state index is 13.4. The van der Waals surface area contributed by atoms with Gasteiger partial charge in [0.25, 0.3) is 5.91 Å². The SMILES string of the molecule is CCOC(=O)N1CCC[C@H](NC(=O)c2nn(-c3ccc(Cl)cc3Cl)c(-c3ccc(Cl)cc3)c2C)C1. The molecule has 35 heavy (non-hydrogen) atoms. The lowest BCUT2D eigenvalue weighted by Crippen LogP contribution is -2.49. The van der Waals surface area contributed by atoms with E-state index in [1.165, 1.54) is 0 Å². The van der Waals surface area contributed by atoms with Gasteiger partial charge in [0.15, 0.2) is 5.69 Å². The number of piperidine rings is 1. The maximum Gasteiger partial charge on any atom is 0.409 e. The second-order valence-electron chi connectivity index (χ2n) is 8.29. The first-order valence-corrected chi connectivity index (χ1v) is 12.5. The van der Waals surface area contributed by atoms with E-state index in [0.717, 1.165) is 18.4 Å². The summed E-state index contributed by atoms with van der Waals surface area (Å²) in [5, 5.41) is 9.20. The lowest BCUT2D eigenvalue weighted by atomic mass is 10.0. The number of nitrogens with zero attached hydrogens (tertiary/aromatic N) is 3. The molecule has 0 radical (unpaired) electrons. The number of hydrogen-bond acceptors (Lipinski definition) is 4. The van der Waals surface area contributed by atoms with Crippen molar-refractivity contribution < 1.29 is 14.3 Å². The fraction of sp³-hybridized carbons (Fsp3) is 0.320. The first-order valence-electron chi connectivity index (χ1n) is 11.3. The molecule has 0 bridgehead atoms. The molecule has 3 aromatic rings.